The average Bonchev–Trinajstić information content (AvgIpc) is 2.36. The fraction of sp³-hybridized carbons (Fsp3) is 0.167. The van der Waals surface area contributed by atoms with Crippen LogP contribution in [0.25, 0.3) is 10.9 Å². The first kappa shape index (κ1) is 11.7. The molecule has 5 heteroatoms. The smallest absolute Gasteiger partial charge is 0.336 e. The van der Waals surface area contributed by atoms with Gasteiger partial charge >= 0.3 is 5.97 Å². The summed E-state index contributed by atoms with van der Waals surface area (Å²) >= 11 is 1.40. The normalized spacial score (nSPS) is 10.5. The largest absolute Gasteiger partial charge is 0.494 e. The topological polar surface area (TPSA) is 59.4 Å². The number of nitrogens with zero attached hydrogens (tertiary/aromatic N) is 1. The van der Waals surface area contributed by atoms with E-state index >= 15 is 0 Å². The second kappa shape index (κ2) is 4.63. The molecule has 0 atom stereocenters. The number of aromatic carboxylic acids is 1. The minimum atomic E-state index is -0.957. The van der Waals surface area contributed by atoms with E-state index in [0.29, 0.717) is 21.7 Å². The number of carboxylic acid groups (broad SMARTS) is 1. The number of para-hydroxylation sites is 1. The second-order valence-corrected chi connectivity index (χ2v) is 4.20. The summed E-state index contributed by atoms with van der Waals surface area (Å²) < 4.78 is 5.20. The van der Waals surface area contributed by atoms with E-state index in [2.05, 4.69) is 4.98 Å². The highest BCUT2D eigenvalue weighted by atomic mass is 32.2. The lowest BCUT2D eigenvalue weighted by Crippen LogP contribution is -2.00. The summed E-state index contributed by atoms with van der Waals surface area (Å²) in [6.07, 6.45) is 1.86. The Morgan fingerprint density at radius 1 is 1.47 bits per heavy atom. The fourth-order valence-electron chi connectivity index (χ4n) is 1.64. The van der Waals surface area contributed by atoms with Crippen LogP contribution in [0.4, 0.5) is 0 Å². The lowest BCUT2D eigenvalue weighted by atomic mass is 10.1. The van der Waals surface area contributed by atoms with Gasteiger partial charge in [0.15, 0.2) is 0 Å². The van der Waals surface area contributed by atoms with E-state index in [-0.39, 0.29) is 5.56 Å². The number of methoxy groups -OCH3 is 1. The molecule has 0 bridgehead atoms. The third-order valence-corrected chi connectivity index (χ3v) is 3.07. The van der Waals surface area contributed by atoms with Crippen molar-refractivity contribution in [2.24, 2.45) is 0 Å². The Morgan fingerprint density at radius 2 is 2.24 bits per heavy atom. The van der Waals surface area contributed by atoms with Gasteiger partial charge in [-0.1, -0.05) is 12.1 Å². The fourth-order valence-corrected chi connectivity index (χ4v) is 2.06. The van der Waals surface area contributed by atoms with E-state index < -0.39 is 5.97 Å². The molecule has 2 aromatic rings. The maximum Gasteiger partial charge on any atom is 0.336 e. The first-order valence-corrected chi connectivity index (χ1v) is 6.15. The van der Waals surface area contributed by atoms with Crippen LogP contribution in [-0.2, 0) is 0 Å². The summed E-state index contributed by atoms with van der Waals surface area (Å²) in [5.74, 6) is -0.373. The molecule has 1 heterocycles. The second-order valence-electron chi connectivity index (χ2n) is 3.37. The molecule has 1 aromatic carbocycles. The Labute approximate surface area is 103 Å². The molecule has 0 spiro atoms. The van der Waals surface area contributed by atoms with Crippen molar-refractivity contribution in [2.75, 3.05) is 13.4 Å². The van der Waals surface area contributed by atoms with Gasteiger partial charge in [0.25, 0.3) is 0 Å². The Kier molecular flexibility index (Phi) is 3.19. The minimum absolute atomic E-state index is 0.248. The average molecular weight is 249 g/mol. The van der Waals surface area contributed by atoms with Gasteiger partial charge in [-0.2, -0.15) is 0 Å². The highest BCUT2D eigenvalue weighted by Gasteiger charge is 2.14. The number of rotatable bonds is 3. The molecule has 0 unspecified atom stereocenters. The number of thioether (sulfide) groups is 1. The van der Waals surface area contributed by atoms with Crippen LogP contribution in [0, 0.1) is 0 Å². The highest BCUT2D eigenvalue weighted by Crippen LogP contribution is 2.29. The van der Waals surface area contributed by atoms with Crippen molar-refractivity contribution in [2.45, 2.75) is 5.03 Å². The van der Waals surface area contributed by atoms with Gasteiger partial charge in [-0.05, 0) is 18.4 Å². The molecular formula is C12H11NO3S. The van der Waals surface area contributed by atoms with Crippen molar-refractivity contribution in [3.8, 4) is 5.75 Å². The van der Waals surface area contributed by atoms with Gasteiger partial charge < -0.3 is 9.84 Å². The molecule has 4 nitrogen and oxygen atoms in total. The van der Waals surface area contributed by atoms with Gasteiger partial charge in [0.05, 0.1) is 17.7 Å². The molecule has 0 aliphatic heterocycles. The van der Waals surface area contributed by atoms with E-state index in [4.69, 9.17) is 4.74 Å². The minimum Gasteiger partial charge on any atom is -0.494 e. The first-order valence-electron chi connectivity index (χ1n) is 4.92. The quantitative estimate of drug-likeness (QED) is 0.847. The zero-order valence-electron chi connectivity index (χ0n) is 9.43. The third kappa shape index (κ3) is 2.06. The van der Waals surface area contributed by atoms with Crippen LogP contribution in [0.5, 0.6) is 5.75 Å². The number of carboxylic acids is 1. The summed E-state index contributed by atoms with van der Waals surface area (Å²) in [6, 6.07) is 6.84. The molecule has 1 N–H and O–H groups in total. The first-order chi connectivity index (χ1) is 8.17. The molecule has 0 aliphatic carbocycles. The number of aromatic nitrogens is 1. The molecule has 0 aliphatic rings. The number of hydrogen-bond donors (Lipinski definition) is 1. The van der Waals surface area contributed by atoms with Crippen LogP contribution in [0.15, 0.2) is 29.3 Å². The number of ether oxygens (including phenoxy) is 1. The van der Waals surface area contributed by atoms with Crippen LogP contribution in [0.3, 0.4) is 0 Å². The molecule has 0 amide bonds. The summed E-state index contributed by atoms with van der Waals surface area (Å²) in [5.41, 5.74) is 0.831. The molecular weight excluding hydrogens is 238 g/mol. The zero-order chi connectivity index (χ0) is 12.4. The van der Waals surface area contributed by atoms with Gasteiger partial charge in [-0.25, -0.2) is 9.78 Å². The van der Waals surface area contributed by atoms with Crippen LogP contribution in [0.2, 0.25) is 0 Å². The van der Waals surface area contributed by atoms with Crippen molar-refractivity contribution in [1.29, 1.82) is 0 Å². The van der Waals surface area contributed by atoms with Gasteiger partial charge in [0.2, 0.25) is 0 Å². The predicted molar refractivity (Wildman–Crippen MR) is 67.0 cm³/mol. The van der Waals surface area contributed by atoms with E-state index in [1.165, 1.54) is 11.8 Å². The Bertz CT molecular complexity index is 583. The predicted octanol–water partition coefficient (Wildman–Crippen LogP) is 2.66. The number of fused-ring (bicyclic) bond motifs is 1. The molecule has 0 saturated heterocycles. The summed E-state index contributed by atoms with van der Waals surface area (Å²) in [4.78, 5) is 15.6. The Balaban J connectivity index is 2.85. The molecule has 0 saturated carbocycles. The highest BCUT2D eigenvalue weighted by molar-refractivity contribution is 7.98. The van der Waals surface area contributed by atoms with Gasteiger partial charge in [-0.3, -0.25) is 0 Å². The molecule has 2 rings (SSSR count). The van der Waals surface area contributed by atoms with Gasteiger partial charge in [-0.15, -0.1) is 11.8 Å². The number of pyridine rings is 1. The van der Waals surface area contributed by atoms with Crippen LogP contribution in [0.1, 0.15) is 10.4 Å². The van der Waals surface area contributed by atoms with Gasteiger partial charge in [0.1, 0.15) is 11.3 Å². The molecule has 88 valence electrons. The van der Waals surface area contributed by atoms with Crippen molar-refractivity contribution < 1.29 is 14.6 Å². The molecule has 0 fully saturated rings. The van der Waals surface area contributed by atoms with E-state index in [0.717, 1.165) is 0 Å². The number of hydrogen-bond acceptors (Lipinski definition) is 4. The third-order valence-electron chi connectivity index (χ3n) is 2.44. The van der Waals surface area contributed by atoms with E-state index in [1.807, 2.05) is 6.26 Å². The van der Waals surface area contributed by atoms with Crippen LogP contribution >= 0.6 is 11.8 Å². The number of carbonyl (C=O) groups is 1. The summed E-state index contributed by atoms with van der Waals surface area (Å²) in [7, 11) is 1.54. The van der Waals surface area contributed by atoms with Crippen LogP contribution < -0.4 is 4.74 Å². The van der Waals surface area contributed by atoms with Gasteiger partial charge in [0, 0.05) is 5.39 Å². The molecule has 1 aromatic heterocycles. The molecule has 17 heavy (non-hydrogen) atoms. The Morgan fingerprint density at radius 3 is 2.82 bits per heavy atom. The summed E-state index contributed by atoms with van der Waals surface area (Å²) in [6.45, 7) is 0. The zero-order valence-corrected chi connectivity index (χ0v) is 10.2. The molecule has 0 radical (unpaired) electrons. The standard InChI is InChI=1S/C12H11NO3S/c1-16-9-5-3-4-7-8(12(14)15)6-10(17-2)13-11(7)9/h3-6H,1-2H3,(H,14,15). The van der Waals surface area contributed by atoms with E-state index in [1.54, 1.807) is 31.4 Å². The Hall–Kier alpha value is -1.75. The van der Waals surface area contributed by atoms with Crippen molar-refractivity contribution >= 4 is 28.6 Å². The van der Waals surface area contributed by atoms with Crippen LogP contribution in [-0.4, -0.2) is 29.4 Å². The lowest BCUT2D eigenvalue weighted by Gasteiger charge is -2.08. The van der Waals surface area contributed by atoms with Crippen molar-refractivity contribution in [3.63, 3.8) is 0 Å². The maximum absolute atomic E-state index is 11.2. The number of benzene rings is 1. The van der Waals surface area contributed by atoms with Crippen molar-refractivity contribution in [3.05, 3.63) is 29.8 Å². The SMILES string of the molecule is COc1cccc2c(C(=O)O)cc(SC)nc12. The maximum atomic E-state index is 11.2. The van der Waals surface area contributed by atoms with Crippen molar-refractivity contribution in [1.82, 2.24) is 4.98 Å². The summed E-state index contributed by atoms with van der Waals surface area (Å²) in [5, 5.41) is 10.4. The van der Waals surface area contributed by atoms with E-state index in [9.17, 15) is 9.90 Å². The lowest BCUT2D eigenvalue weighted by molar-refractivity contribution is 0.0698. The monoisotopic (exact) mass is 249 g/mol.